The van der Waals surface area contributed by atoms with E-state index in [2.05, 4.69) is 5.32 Å². The quantitative estimate of drug-likeness (QED) is 0.385. The van der Waals surface area contributed by atoms with Gasteiger partial charge in [-0.1, -0.05) is 44.2 Å². The van der Waals surface area contributed by atoms with Crippen LogP contribution < -0.4 is 5.32 Å². The Bertz CT molecular complexity index is 1220. The summed E-state index contributed by atoms with van der Waals surface area (Å²) in [6.45, 7) is 10.6. The number of carbonyl (C=O) groups excluding carboxylic acids is 2. The van der Waals surface area contributed by atoms with Gasteiger partial charge in [-0.3, -0.25) is 4.79 Å². The van der Waals surface area contributed by atoms with E-state index in [0.29, 0.717) is 19.6 Å². The van der Waals surface area contributed by atoms with Gasteiger partial charge in [0.15, 0.2) is 0 Å². The monoisotopic (exact) mass is 578 g/mol. The molecule has 226 valence electrons. The first-order chi connectivity index (χ1) is 19.0. The summed E-state index contributed by atoms with van der Waals surface area (Å²) in [5, 5.41) is 4.80. The van der Waals surface area contributed by atoms with E-state index in [0.717, 1.165) is 22.9 Å². The van der Waals surface area contributed by atoms with Crippen LogP contribution in [0.5, 0.6) is 0 Å². The molecule has 1 heterocycles. The predicted octanol–water partition coefficient (Wildman–Crippen LogP) is 5.67. The maximum Gasteiger partial charge on any atom is 0.528 e. The molecule has 0 atom stereocenters. The molecule has 0 aliphatic carbocycles. The highest BCUT2D eigenvalue weighted by Crippen LogP contribution is 2.38. The van der Waals surface area contributed by atoms with Crippen LogP contribution in [-0.4, -0.2) is 72.8 Å². The van der Waals surface area contributed by atoms with E-state index in [-0.39, 0.29) is 31.1 Å². The Labute approximate surface area is 240 Å². The van der Waals surface area contributed by atoms with Gasteiger partial charge in [0, 0.05) is 37.3 Å². The molecule has 0 bridgehead atoms. The smallest absolute Gasteiger partial charge is 0.427 e. The second kappa shape index (κ2) is 12.7. The summed E-state index contributed by atoms with van der Waals surface area (Å²) in [7, 11) is 3.69. The zero-order valence-electron chi connectivity index (χ0n) is 24.9. The van der Waals surface area contributed by atoms with E-state index >= 15 is 0 Å². The lowest BCUT2D eigenvalue weighted by molar-refractivity contribution is -0.160. The first-order valence-electron chi connectivity index (χ1n) is 13.6. The van der Waals surface area contributed by atoms with Crippen molar-refractivity contribution in [2.75, 3.05) is 45.6 Å². The van der Waals surface area contributed by atoms with Gasteiger partial charge in [-0.2, -0.15) is 13.2 Å². The van der Waals surface area contributed by atoms with Crippen molar-refractivity contribution in [3.8, 4) is 0 Å². The van der Waals surface area contributed by atoms with Crippen molar-refractivity contribution >= 4 is 17.7 Å². The molecular formula is C30H41F3N4O4. The predicted molar refractivity (Wildman–Crippen MR) is 151 cm³/mol. The third kappa shape index (κ3) is 9.09. The van der Waals surface area contributed by atoms with Crippen LogP contribution in [-0.2, 0) is 39.0 Å². The van der Waals surface area contributed by atoms with E-state index in [1.807, 2.05) is 51.0 Å². The van der Waals surface area contributed by atoms with Crippen molar-refractivity contribution < 1.29 is 32.3 Å². The minimum Gasteiger partial charge on any atom is -0.427 e. The van der Waals surface area contributed by atoms with Gasteiger partial charge in [-0.25, -0.2) is 4.79 Å². The first-order valence-corrected chi connectivity index (χ1v) is 13.6. The van der Waals surface area contributed by atoms with E-state index in [1.54, 1.807) is 31.9 Å². The van der Waals surface area contributed by atoms with Crippen LogP contribution in [0.15, 0.2) is 42.5 Å². The lowest BCUT2D eigenvalue weighted by Gasteiger charge is -2.39. The van der Waals surface area contributed by atoms with Gasteiger partial charge in [0.2, 0.25) is 5.91 Å². The molecule has 8 nitrogen and oxygen atoms in total. The minimum absolute atomic E-state index is 0.0513. The summed E-state index contributed by atoms with van der Waals surface area (Å²) in [6, 6.07) is 11.0. The van der Waals surface area contributed by atoms with Crippen LogP contribution in [0.3, 0.4) is 0 Å². The number of likely N-dealkylation sites (N-methyl/N-ethyl adjacent to an activating group) is 1. The number of benzene rings is 2. The Morgan fingerprint density at radius 2 is 1.71 bits per heavy atom. The molecule has 1 amide bonds. The van der Waals surface area contributed by atoms with Crippen molar-refractivity contribution in [1.82, 2.24) is 14.9 Å². The van der Waals surface area contributed by atoms with Crippen molar-refractivity contribution in [3.05, 3.63) is 64.7 Å². The van der Waals surface area contributed by atoms with E-state index in [9.17, 15) is 22.8 Å². The Morgan fingerprint density at radius 1 is 1.02 bits per heavy atom. The zero-order valence-corrected chi connectivity index (χ0v) is 24.9. The number of hydrogen-bond acceptors (Lipinski definition) is 7. The van der Waals surface area contributed by atoms with Crippen LogP contribution in [0, 0.1) is 0 Å². The SMILES string of the molecule is CN(C)CCN(Cc1ccccc1C(F)(F)F)C(=O)CNc1cccc2c1C(C)(C)CN(OC(=O)OC(C)(C)C)C2. The average molecular weight is 579 g/mol. The number of hydrogen-bond donors (Lipinski definition) is 1. The normalized spacial score (nSPS) is 15.3. The number of ether oxygens (including phenoxy) is 1. The van der Waals surface area contributed by atoms with Gasteiger partial charge in [-0.15, -0.1) is 5.06 Å². The Hall–Kier alpha value is -3.31. The largest absolute Gasteiger partial charge is 0.528 e. The topological polar surface area (TPSA) is 74.4 Å². The molecule has 0 spiro atoms. The molecule has 41 heavy (non-hydrogen) atoms. The van der Waals surface area contributed by atoms with Gasteiger partial charge < -0.3 is 24.7 Å². The van der Waals surface area contributed by atoms with Crippen LogP contribution >= 0.6 is 0 Å². The molecule has 0 unspecified atom stereocenters. The zero-order chi connectivity index (χ0) is 30.6. The van der Waals surface area contributed by atoms with Gasteiger partial charge in [0.1, 0.15) is 5.60 Å². The lowest BCUT2D eigenvalue weighted by atomic mass is 9.78. The van der Waals surface area contributed by atoms with Crippen molar-refractivity contribution in [3.63, 3.8) is 0 Å². The van der Waals surface area contributed by atoms with Crippen LogP contribution in [0.1, 0.15) is 56.9 Å². The molecule has 0 aromatic heterocycles. The van der Waals surface area contributed by atoms with Crippen molar-refractivity contribution in [1.29, 1.82) is 0 Å². The number of nitrogens with one attached hydrogen (secondary N) is 1. The molecule has 1 N–H and O–H groups in total. The number of halogens is 3. The van der Waals surface area contributed by atoms with Crippen LogP contribution in [0.4, 0.5) is 23.7 Å². The lowest BCUT2D eigenvalue weighted by Crippen LogP contribution is -2.44. The summed E-state index contributed by atoms with van der Waals surface area (Å²) in [4.78, 5) is 34.5. The van der Waals surface area contributed by atoms with E-state index in [4.69, 9.17) is 9.57 Å². The number of nitrogens with zero attached hydrogens (tertiary/aromatic N) is 3. The fourth-order valence-corrected chi connectivity index (χ4v) is 4.92. The summed E-state index contributed by atoms with van der Waals surface area (Å²) in [6.07, 6.45) is -5.29. The highest BCUT2D eigenvalue weighted by atomic mass is 19.4. The number of alkyl halides is 3. The summed E-state index contributed by atoms with van der Waals surface area (Å²) in [5.41, 5.74) is 0.825. The molecule has 2 aromatic carbocycles. The summed E-state index contributed by atoms with van der Waals surface area (Å²) >= 11 is 0. The number of hydroxylamine groups is 2. The number of carbonyl (C=O) groups is 2. The van der Waals surface area contributed by atoms with Crippen molar-refractivity contribution in [2.24, 2.45) is 0 Å². The first kappa shape index (κ1) is 32.2. The molecule has 2 aromatic rings. The maximum atomic E-state index is 13.6. The fraction of sp³-hybridized carbons (Fsp3) is 0.533. The molecule has 3 rings (SSSR count). The molecule has 0 saturated carbocycles. The van der Waals surface area contributed by atoms with Gasteiger partial charge in [-0.05, 0) is 63.7 Å². The van der Waals surface area contributed by atoms with Gasteiger partial charge in [0.25, 0.3) is 0 Å². The molecule has 11 heteroatoms. The molecule has 0 fully saturated rings. The second-order valence-corrected chi connectivity index (χ2v) is 12.2. The summed E-state index contributed by atoms with van der Waals surface area (Å²) in [5.74, 6) is -0.315. The molecular weight excluding hydrogens is 537 g/mol. The number of rotatable bonds is 9. The highest BCUT2D eigenvalue weighted by Gasteiger charge is 2.37. The third-order valence-corrected chi connectivity index (χ3v) is 6.62. The fourth-order valence-electron chi connectivity index (χ4n) is 4.92. The van der Waals surface area contributed by atoms with Gasteiger partial charge >= 0.3 is 12.3 Å². The van der Waals surface area contributed by atoms with E-state index < -0.39 is 28.9 Å². The highest BCUT2D eigenvalue weighted by molar-refractivity contribution is 5.81. The summed E-state index contributed by atoms with van der Waals surface area (Å²) < 4.78 is 46.2. The third-order valence-electron chi connectivity index (χ3n) is 6.62. The van der Waals surface area contributed by atoms with Crippen LogP contribution in [0.25, 0.3) is 0 Å². The van der Waals surface area contributed by atoms with Crippen LogP contribution in [0.2, 0.25) is 0 Å². The Balaban J connectivity index is 1.77. The number of amides is 1. The molecule has 0 saturated heterocycles. The minimum atomic E-state index is -4.51. The second-order valence-electron chi connectivity index (χ2n) is 12.2. The van der Waals surface area contributed by atoms with E-state index in [1.165, 1.54) is 17.0 Å². The number of fused-ring (bicyclic) bond motifs is 1. The molecule has 1 aliphatic heterocycles. The van der Waals surface area contributed by atoms with Crippen molar-refractivity contribution in [2.45, 2.75) is 64.9 Å². The molecule has 1 aliphatic rings. The standard InChI is InChI=1S/C30H41F3N4O4/c1-28(2,3)40-27(39)41-37-19-22-12-10-14-24(26(22)29(4,5)20-37)34-17-25(38)36(16-15-35(6)7)18-21-11-8-9-13-23(21)30(31,32)33/h8-14,34H,15-20H2,1-7H3. The molecule has 0 radical (unpaired) electrons. The van der Waals surface area contributed by atoms with Gasteiger partial charge in [0.05, 0.1) is 18.7 Å². The maximum absolute atomic E-state index is 13.6. The number of anilines is 1. The Morgan fingerprint density at radius 3 is 2.34 bits per heavy atom. The average Bonchev–Trinajstić information content (AvgIpc) is 2.82. The Kier molecular flexibility index (Phi) is 9.97.